The minimum atomic E-state index is -0.645. The zero-order valence-corrected chi connectivity index (χ0v) is 13.0. The third kappa shape index (κ3) is 2.83. The Morgan fingerprint density at radius 2 is 2.26 bits per heavy atom. The first kappa shape index (κ1) is 14.9. The Kier molecular flexibility index (Phi) is 3.66. The maximum atomic E-state index is 12.2. The molecule has 0 aliphatic heterocycles. The lowest BCUT2D eigenvalue weighted by atomic mass is 10.3. The molecule has 3 rings (SSSR count). The predicted molar refractivity (Wildman–Crippen MR) is 84.0 cm³/mol. The van der Waals surface area contributed by atoms with Gasteiger partial charge in [0.1, 0.15) is 6.20 Å². The molecular weight excluding hydrogens is 322 g/mol. The Labute approximate surface area is 133 Å². The van der Waals surface area contributed by atoms with E-state index in [0.717, 1.165) is 10.2 Å². The number of nitrogens with one attached hydrogen (secondary N) is 1. The number of amides is 1. The van der Waals surface area contributed by atoms with E-state index in [4.69, 9.17) is 4.74 Å². The molecule has 1 amide bonds. The average Bonchev–Trinajstić information content (AvgIpc) is 3.09. The molecule has 0 aliphatic carbocycles. The van der Waals surface area contributed by atoms with Gasteiger partial charge in [0.2, 0.25) is 5.69 Å². The summed E-state index contributed by atoms with van der Waals surface area (Å²) in [7, 11) is 3.04. The van der Waals surface area contributed by atoms with Crippen molar-refractivity contribution in [2.24, 2.45) is 7.05 Å². The molecule has 0 saturated heterocycles. The highest BCUT2D eigenvalue weighted by Gasteiger charge is 2.25. The molecule has 1 aromatic carbocycles. The molecule has 2 aromatic heterocycles. The van der Waals surface area contributed by atoms with Gasteiger partial charge in [0.05, 0.1) is 22.2 Å². The van der Waals surface area contributed by atoms with Crippen LogP contribution in [-0.2, 0) is 7.05 Å². The molecule has 0 unspecified atom stereocenters. The SMILES string of the molecule is COc1nc2ccc(NC(=O)c3nn(C)cc3[N+](=O)[O-])cc2s1. The lowest BCUT2D eigenvalue weighted by Gasteiger charge is -2.02. The van der Waals surface area contributed by atoms with E-state index in [1.807, 2.05) is 0 Å². The van der Waals surface area contributed by atoms with Gasteiger partial charge in [-0.1, -0.05) is 11.3 Å². The molecular formula is C13H11N5O4S. The van der Waals surface area contributed by atoms with Crippen LogP contribution in [0.2, 0.25) is 0 Å². The molecule has 0 atom stereocenters. The number of methoxy groups -OCH3 is 1. The number of carbonyl (C=O) groups is 1. The lowest BCUT2D eigenvalue weighted by Crippen LogP contribution is -2.14. The fourth-order valence-electron chi connectivity index (χ4n) is 2.03. The summed E-state index contributed by atoms with van der Waals surface area (Å²) in [5.41, 5.74) is 0.660. The third-order valence-electron chi connectivity index (χ3n) is 3.02. The number of aryl methyl sites for hydroxylation is 1. The van der Waals surface area contributed by atoms with Crippen molar-refractivity contribution < 1.29 is 14.5 Å². The van der Waals surface area contributed by atoms with E-state index in [9.17, 15) is 14.9 Å². The van der Waals surface area contributed by atoms with E-state index in [1.54, 1.807) is 18.2 Å². The summed E-state index contributed by atoms with van der Waals surface area (Å²) in [6, 6.07) is 5.12. The fourth-order valence-corrected chi connectivity index (χ4v) is 2.85. The second-order valence-corrected chi connectivity index (χ2v) is 5.61. The quantitative estimate of drug-likeness (QED) is 0.578. The number of hydrogen-bond acceptors (Lipinski definition) is 7. The van der Waals surface area contributed by atoms with Crippen LogP contribution in [0.25, 0.3) is 10.2 Å². The molecule has 10 heteroatoms. The van der Waals surface area contributed by atoms with Crippen LogP contribution in [0, 0.1) is 10.1 Å². The van der Waals surface area contributed by atoms with Crippen molar-refractivity contribution in [1.29, 1.82) is 0 Å². The van der Waals surface area contributed by atoms with Crippen molar-refractivity contribution >= 4 is 38.8 Å². The van der Waals surface area contributed by atoms with E-state index in [0.29, 0.717) is 10.9 Å². The Bertz CT molecular complexity index is 916. The van der Waals surface area contributed by atoms with Gasteiger partial charge in [-0.2, -0.15) is 5.10 Å². The Hall–Kier alpha value is -3.01. The van der Waals surface area contributed by atoms with E-state index < -0.39 is 10.8 Å². The van der Waals surface area contributed by atoms with Crippen LogP contribution < -0.4 is 10.1 Å². The van der Waals surface area contributed by atoms with Gasteiger partial charge in [0.15, 0.2) is 0 Å². The molecule has 0 saturated carbocycles. The molecule has 1 N–H and O–H groups in total. The van der Waals surface area contributed by atoms with Gasteiger partial charge in [0.25, 0.3) is 11.1 Å². The number of anilines is 1. The molecule has 118 valence electrons. The van der Waals surface area contributed by atoms with E-state index in [1.165, 1.54) is 36.4 Å². The van der Waals surface area contributed by atoms with Crippen LogP contribution in [-0.4, -0.2) is 32.7 Å². The van der Waals surface area contributed by atoms with Gasteiger partial charge >= 0.3 is 5.69 Å². The maximum Gasteiger partial charge on any atom is 0.320 e. The normalized spacial score (nSPS) is 10.7. The van der Waals surface area contributed by atoms with Gasteiger partial charge in [-0.25, -0.2) is 4.98 Å². The number of hydrogen-bond donors (Lipinski definition) is 1. The molecule has 0 aliphatic rings. The van der Waals surface area contributed by atoms with Crippen LogP contribution in [0.4, 0.5) is 11.4 Å². The number of aromatic nitrogens is 3. The third-order valence-corrected chi connectivity index (χ3v) is 4.00. The summed E-state index contributed by atoms with van der Waals surface area (Å²) >= 11 is 1.33. The summed E-state index contributed by atoms with van der Waals surface area (Å²) in [6.45, 7) is 0. The first-order valence-corrected chi connectivity index (χ1v) is 7.23. The van der Waals surface area contributed by atoms with Crippen molar-refractivity contribution in [3.63, 3.8) is 0 Å². The number of nitrogens with zero attached hydrogens (tertiary/aromatic N) is 4. The molecule has 0 fully saturated rings. The van der Waals surface area contributed by atoms with Crippen LogP contribution in [0.3, 0.4) is 0 Å². The Morgan fingerprint density at radius 3 is 2.96 bits per heavy atom. The number of rotatable bonds is 4. The van der Waals surface area contributed by atoms with Gasteiger partial charge in [0, 0.05) is 12.7 Å². The zero-order chi connectivity index (χ0) is 16.6. The van der Waals surface area contributed by atoms with E-state index >= 15 is 0 Å². The molecule has 9 nitrogen and oxygen atoms in total. The van der Waals surface area contributed by atoms with Crippen molar-refractivity contribution in [2.45, 2.75) is 0 Å². The van der Waals surface area contributed by atoms with E-state index in [-0.39, 0.29) is 11.4 Å². The standard InChI is InChI=1S/C13H11N5O4S/c1-17-6-9(18(20)21)11(16-17)12(19)14-7-3-4-8-10(5-7)23-13(15-8)22-2/h3-6H,1-2H3,(H,14,19). The zero-order valence-electron chi connectivity index (χ0n) is 12.1. The Morgan fingerprint density at radius 1 is 1.48 bits per heavy atom. The van der Waals surface area contributed by atoms with Crippen LogP contribution in [0.5, 0.6) is 5.19 Å². The van der Waals surface area contributed by atoms with Crippen molar-refractivity contribution in [1.82, 2.24) is 14.8 Å². The summed E-state index contributed by atoms with van der Waals surface area (Å²) in [4.78, 5) is 26.8. The van der Waals surface area contributed by atoms with Crippen molar-refractivity contribution in [3.05, 3.63) is 40.2 Å². The number of benzene rings is 1. The minimum absolute atomic E-state index is 0.237. The van der Waals surface area contributed by atoms with Gasteiger partial charge < -0.3 is 10.1 Å². The second-order valence-electron chi connectivity index (χ2n) is 4.61. The molecule has 3 aromatic rings. The highest BCUT2D eigenvalue weighted by Crippen LogP contribution is 2.30. The number of carbonyl (C=O) groups excluding carboxylic acids is 1. The fraction of sp³-hybridized carbons (Fsp3) is 0.154. The summed E-state index contributed by atoms with van der Waals surface area (Å²) in [6.07, 6.45) is 1.19. The number of ether oxygens (including phenoxy) is 1. The van der Waals surface area contributed by atoms with Gasteiger partial charge in [-0.15, -0.1) is 0 Å². The highest BCUT2D eigenvalue weighted by molar-refractivity contribution is 7.20. The highest BCUT2D eigenvalue weighted by atomic mass is 32.1. The Balaban J connectivity index is 1.89. The van der Waals surface area contributed by atoms with Crippen molar-refractivity contribution in [3.8, 4) is 5.19 Å². The number of fused-ring (bicyclic) bond motifs is 1. The first-order chi connectivity index (χ1) is 11.0. The summed E-state index contributed by atoms with van der Waals surface area (Å²) < 4.78 is 7.12. The van der Waals surface area contributed by atoms with Crippen LogP contribution in [0.1, 0.15) is 10.5 Å². The smallest absolute Gasteiger partial charge is 0.320 e. The molecule has 23 heavy (non-hydrogen) atoms. The summed E-state index contributed by atoms with van der Waals surface area (Å²) in [5.74, 6) is -0.645. The van der Waals surface area contributed by atoms with Gasteiger partial charge in [-0.3, -0.25) is 19.6 Å². The lowest BCUT2D eigenvalue weighted by molar-refractivity contribution is -0.385. The predicted octanol–water partition coefficient (Wildman–Crippen LogP) is 2.20. The average molecular weight is 333 g/mol. The minimum Gasteiger partial charge on any atom is -0.473 e. The largest absolute Gasteiger partial charge is 0.473 e. The molecule has 0 spiro atoms. The molecule has 2 heterocycles. The monoisotopic (exact) mass is 333 g/mol. The second kappa shape index (κ2) is 5.65. The molecule has 0 bridgehead atoms. The number of thiazole rings is 1. The topological polar surface area (TPSA) is 112 Å². The van der Waals surface area contributed by atoms with Gasteiger partial charge in [-0.05, 0) is 18.2 Å². The molecule has 0 radical (unpaired) electrons. The number of nitro groups is 1. The van der Waals surface area contributed by atoms with E-state index in [2.05, 4.69) is 15.4 Å². The van der Waals surface area contributed by atoms with Crippen molar-refractivity contribution in [2.75, 3.05) is 12.4 Å². The summed E-state index contributed by atoms with van der Waals surface area (Å²) in [5, 5.41) is 17.9. The maximum absolute atomic E-state index is 12.2. The first-order valence-electron chi connectivity index (χ1n) is 6.42. The van der Waals surface area contributed by atoms with Crippen LogP contribution >= 0.6 is 11.3 Å². The van der Waals surface area contributed by atoms with Crippen LogP contribution in [0.15, 0.2) is 24.4 Å².